The highest BCUT2D eigenvalue weighted by Crippen LogP contribution is 2.27. The Balaban J connectivity index is 0.00000144. The molecule has 1 aliphatic carbocycles. The highest BCUT2D eigenvalue weighted by atomic mass is 35.5. The maximum atomic E-state index is 12.5. The number of amides is 1. The minimum atomic E-state index is -0.616. The van der Waals surface area contributed by atoms with Gasteiger partial charge in [-0.3, -0.25) is 4.79 Å². The lowest BCUT2D eigenvalue weighted by Gasteiger charge is -2.37. The van der Waals surface area contributed by atoms with Gasteiger partial charge in [-0.05, 0) is 37.8 Å². The van der Waals surface area contributed by atoms with E-state index in [1.165, 1.54) is 12.1 Å². The number of carbonyl (C=O) groups is 1. The van der Waals surface area contributed by atoms with Crippen molar-refractivity contribution < 1.29 is 4.79 Å². The molecular weight excluding hydrogens is 345 g/mol. The van der Waals surface area contributed by atoms with Crippen LogP contribution < -0.4 is 16.0 Å². The SMILES string of the molecule is Cl.Cl.NC1(C(=O)NC2CCN(c3ccccc3)CC2)CCCCC1. The van der Waals surface area contributed by atoms with Gasteiger partial charge in [0.05, 0.1) is 5.54 Å². The predicted octanol–water partition coefficient (Wildman–Crippen LogP) is 3.28. The van der Waals surface area contributed by atoms with Gasteiger partial charge in [-0.25, -0.2) is 0 Å². The first kappa shape index (κ1) is 21.1. The number of piperidine rings is 1. The molecule has 0 atom stereocenters. The number of nitrogens with one attached hydrogen (secondary N) is 1. The molecule has 4 nitrogen and oxygen atoms in total. The van der Waals surface area contributed by atoms with E-state index in [4.69, 9.17) is 5.73 Å². The number of benzene rings is 1. The van der Waals surface area contributed by atoms with Gasteiger partial charge in [-0.2, -0.15) is 0 Å². The molecular formula is C18H29Cl2N3O. The van der Waals surface area contributed by atoms with Crippen LogP contribution in [0.4, 0.5) is 5.69 Å². The smallest absolute Gasteiger partial charge is 0.240 e. The van der Waals surface area contributed by atoms with Gasteiger partial charge in [0, 0.05) is 24.8 Å². The second-order valence-electron chi connectivity index (χ2n) is 6.79. The zero-order valence-corrected chi connectivity index (χ0v) is 15.7. The highest BCUT2D eigenvalue weighted by Gasteiger charge is 2.36. The Morgan fingerprint density at radius 1 is 1.04 bits per heavy atom. The first-order chi connectivity index (χ1) is 10.7. The standard InChI is InChI=1S/C18H27N3O.2ClH/c19-18(11-5-2-6-12-18)17(22)20-15-9-13-21(14-10-15)16-7-3-1-4-8-16;;/h1,3-4,7-8,15H,2,5-6,9-14,19H2,(H,20,22);2*1H. The van der Waals surface area contributed by atoms with Crippen LogP contribution in [0.5, 0.6) is 0 Å². The molecule has 0 bridgehead atoms. The summed E-state index contributed by atoms with van der Waals surface area (Å²) in [6.45, 7) is 1.99. The summed E-state index contributed by atoms with van der Waals surface area (Å²) in [5, 5.41) is 3.21. The van der Waals surface area contributed by atoms with E-state index in [2.05, 4.69) is 34.5 Å². The van der Waals surface area contributed by atoms with Crippen LogP contribution in [-0.2, 0) is 4.79 Å². The van der Waals surface area contributed by atoms with E-state index in [0.717, 1.165) is 51.6 Å². The molecule has 136 valence electrons. The van der Waals surface area contributed by atoms with E-state index in [1.54, 1.807) is 0 Å². The lowest BCUT2D eigenvalue weighted by molar-refractivity contribution is -0.128. The van der Waals surface area contributed by atoms with Gasteiger partial charge in [0.1, 0.15) is 0 Å². The molecule has 1 heterocycles. The molecule has 2 fully saturated rings. The summed E-state index contributed by atoms with van der Waals surface area (Å²) in [6.07, 6.45) is 7.03. The van der Waals surface area contributed by atoms with Crippen LogP contribution in [0.15, 0.2) is 30.3 Å². The van der Waals surface area contributed by atoms with Gasteiger partial charge < -0.3 is 16.0 Å². The minimum absolute atomic E-state index is 0. The molecule has 1 aromatic carbocycles. The quantitative estimate of drug-likeness (QED) is 0.854. The molecule has 6 heteroatoms. The molecule has 1 aliphatic heterocycles. The molecule has 24 heavy (non-hydrogen) atoms. The largest absolute Gasteiger partial charge is 0.371 e. The normalized spacial score (nSPS) is 20.5. The number of anilines is 1. The third-order valence-electron chi connectivity index (χ3n) is 5.15. The summed E-state index contributed by atoms with van der Waals surface area (Å²) in [5.41, 5.74) is 6.97. The molecule has 0 spiro atoms. The van der Waals surface area contributed by atoms with Gasteiger partial charge in [-0.1, -0.05) is 37.5 Å². The Bertz CT molecular complexity index is 498. The number of halogens is 2. The van der Waals surface area contributed by atoms with Crippen molar-refractivity contribution in [2.75, 3.05) is 18.0 Å². The molecule has 1 amide bonds. The van der Waals surface area contributed by atoms with Gasteiger partial charge in [0.2, 0.25) is 5.91 Å². The van der Waals surface area contributed by atoms with Gasteiger partial charge >= 0.3 is 0 Å². The van der Waals surface area contributed by atoms with Crippen LogP contribution in [0, 0.1) is 0 Å². The van der Waals surface area contributed by atoms with Crippen LogP contribution in [0.1, 0.15) is 44.9 Å². The number of rotatable bonds is 3. The zero-order chi connectivity index (χ0) is 15.4. The van der Waals surface area contributed by atoms with E-state index >= 15 is 0 Å². The van der Waals surface area contributed by atoms with Crippen LogP contribution in [-0.4, -0.2) is 30.6 Å². The number of nitrogens with two attached hydrogens (primary N) is 1. The maximum absolute atomic E-state index is 12.5. The van der Waals surface area contributed by atoms with E-state index in [-0.39, 0.29) is 36.8 Å². The van der Waals surface area contributed by atoms with Crippen molar-refractivity contribution in [1.29, 1.82) is 0 Å². The molecule has 0 unspecified atom stereocenters. The number of nitrogens with zero attached hydrogens (tertiary/aromatic N) is 1. The topological polar surface area (TPSA) is 58.4 Å². The third-order valence-corrected chi connectivity index (χ3v) is 5.15. The Labute approximate surface area is 157 Å². The summed E-state index contributed by atoms with van der Waals surface area (Å²) < 4.78 is 0. The maximum Gasteiger partial charge on any atom is 0.240 e. The Morgan fingerprint density at radius 3 is 2.21 bits per heavy atom. The molecule has 3 rings (SSSR count). The second kappa shape index (κ2) is 9.50. The summed E-state index contributed by atoms with van der Waals surface area (Å²) in [4.78, 5) is 14.9. The molecule has 2 aliphatic rings. The van der Waals surface area contributed by atoms with Gasteiger partial charge in [0.15, 0.2) is 0 Å². The number of para-hydroxylation sites is 1. The number of carbonyl (C=O) groups excluding carboxylic acids is 1. The average molecular weight is 374 g/mol. The first-order valence-corrected chi connectivity index (χ1v) is 8.57. The molecule has 3 N–H and O–H groups in total. The van der Waals surface area contributed by atoms with Crippen LogP contribution in [0.3, 0.4) is 0 Å². The Morgan fingerprint density at radius 2 is 1.62 bits per heavy atom. The first-order valence-electron chi connectivity index (χ1n) is 8.57. The molecule has 1 saturated heterocycles. The van der Waals surface area contributed by atoms with E-state index in [1.807, 2.05) is 6.07 Å². The van der Waals surface area contributed by atoms with Crippen LogP contribution in [0.2, 0.25) is 0 Å². The minimum Gasteiger partial charge on any atom is -0.371 e. The van der Waals surface area contributed by atoms with E-state index < -0.39 is 5.54 Å². The van der Waals surface area contributed by atoms with Crippen LogP contribution in [0.25, 0.3) is 0 Å². The van der Waals surface area contributed by atoms with Crippen LogP contribution >= 0.6 is 24.8 Å². The molecule has 1 saturated carbocycles. The molecule has 1 aromatic rings. The van der Waals surface area contributed by atoms with E-state index in [0.29, 0.717) is 0 Å². The zero-order valence-electron chi connectivity index (χ0n) is 14.1. The van der Waals surface area contributed by atoms with Crippen molar-refractivity contribution in [3.8, 4) is 0 Å². The molecule has 0 radical (unpaired) electrons. The highest BCUT2D eigenvalue weighted by molar-refractivity contribution is 5.86. The second-order valence-corrected chi connectivity index (χ2v) is 6.79. The van der Waals surface area contributed by atoms with Crippen molar-refractivity contribution in [2.45, 2.75) is 56.5 Å². The molecule has 0 aromatic heterocycles. The van der Waals surface area contributed by atoms with Crippen molar-refractivity contribution >= 4 is 36.4 Å². The van der Waals surface area contributed by atoms with E-state index in [9.17, 15) is 4.79 Å². The number of hydrogen-bond donors (Lipinski definition) is 2. The number of hydrogen-bond acceptors (Lipinski definition) is 3. The lowest BCUT2D eigenvalue weighted by atomic mass is 9.81. The van der Waals surface area contributed by atoms with Gasteiger partial charge in [-0.15, -0.1) is 24.8 Å². The third kappa shape index (κ3) is 5.01. The van der Waals surface area contributed by atoms with Gasteiger partial charge in [0.25, 0.3) is 0 Å². The van der Waals surface area contributed by atoms with Crippen molar-refractivity contribution in [2.24, 2.45) is 5.73 Å². The Kier molecular flexibility index (Phi) is 8.34. The monoisotopic (exact) mass is 373 g/mol. The average Bonchev–Trinajstić information content (AvgIpc) is 2.57. The van der Waals surface area contributed by atoms with Crippen molar-refractivity contribution in [3.63, 3.8) is 0 Å². The summed E-state index contributed by atoms with van der Waals surface area (Å²) in [6, 6.07) is 10.8. The predicted molar refractivity (Wildman–Crippen MR) is 104 cm³/mol. The lowest BCUT2D eigenvalue weighted by Crippen LogP contribution is -2.58. The fraction of sp³-hybridized carbons (Fsp3) is 0.611. The fourth-order valence-electron chi connectivity index (χ4n) is 3.66. The van der Waals surface area contributed by atoms with Crippen molar-refractivity contribution in [3.05, 3.63) is 30.3 Å². The summed E-state index contributed by atoms with van der Waals surface area (Å²) in [5.74, 6) is 0.0744. The van der Waals surface area contributed by atoms with Crippen molar-refractivity contribution in [1.82, 2.24) is 5.32 Å². The fourth-order valence-corrected chi connectivity index (χ4v) is 3.66. The summed E-state index contributed by atoms with van der Waals surface area (Å²) >= 11 is 0. The Hall–Kier alpha value is -0.970. The summed E-state index contributed by atoms with van der Waals surface area (Å²) in [7, 11) is 0.